The Bertz CT molecular complexity index is 3000. The Kier molecular flexibility index (Phi) is 9.18. The number of fused-ring (bicyclic) bond motifs is 8. The van der Waals surface area contributed by atoms with Gasteiger partial charge in [0.05, 0.1) is 48.4 Å². The largest absolute Gasteiger partial charge is 0.453 e. The van der Waals surface area contributed by atoms with Crippen LogP contribution in [0.15, 0.2) is 91.0 Å². The molecular formula is C49H48N8O6. The number of aromatic nitrogens is 4. The first-order chi connectivity index (χ1) is 30.6. The number of hydrogen-bond donors (Lipinski definition) is 4. The molecule has 4 amide bonds. The predicted octanol–water partition coefficient (Wildman–Crippen LogP) is 8.21. The first kappa shape index (κ1) is 38.9. The van der Waals surface area contributed by atoms with Gasteiger partial charge in [0, 0.05) is 22.9 Å². The van der Waals surface area contributed by atoms with Gasteiger partial charge in [-0.05, 0) is 95.2 Å². The van der Waals surface area contributed by atoms with E-state index in [4.69, 9.17) is 19.4 Å². The van der Waals surface area contributed by atoms with Crippen molar-refractivity contribution in [1.82, 2.24) is 40.4 Å². The summed E-state index contributed by atoms with van der Waals surface area (Å²) in [6, 6.07) is 28.7. The van der Waals surface area contributed by atoms with Gasteiger partial charge in [-0.25, -0.2) is 19.6 Å². The maximum Gasteiger partial charge on any atom is 0.407 e. The monoisotopic (exact) mass is 844 g/mol. The molecule has 4 fully saturated rings. The summed E-state index contributed by atoms with van der Waals surface area (Å²) in [7, 11) is 2.60. The molecule has 0 radical (unpaired) electrons. The van der Waals surface area contributed by atoms with E-state index in [1.165, 1.54) is 14.2 Å². The van der Waals surface area contributed by atoms with E-state index in [2.05, 4.69) is 75.2 Å². The second-order valence-corrected chi connectivity index (χ2v) is 18.0. The van der Waals surface area contributed by atoms with Crippen molar-refractivity contribution in [3.8, 4) is 11.1 Å². The van der Waals surface area contributed by atoms with Gasteiger partial charge in [0.1, 0.15) is 23.7 Å². The number of benzene rings is 5. The molecule has 0 spiro atoms. The summed E-state index contributed by atoms with van der Waals surface area (Å²) in [5.74, 6) is 1.96. The summed E-state index contributed by atoms with van der Waals surface area (Å²) < 4.78 is 9.74. The van der Waals surface area contributed by atoms with Gasteiger partial charge in [-0.3, -0.25) is 9.59 Å². The van der Waals surface area contributed by atoms with E-state index in [1.807, 2.05) is 60.0 Å². The molecule has 4 N–H and O–H groups in total. The van der Waals surface area contributed by atoms with E-state index in [-0.39, 0.29) is 41.9 Å². The van der Waals surface area contributed by atoms with Crippen LogP contribution in [0.1, 0.15) is 74.9 Å². The van der Waals surface area contributed by atoms with E-state index < -0.39 is 24.3 Å². The first-order valence-corrected chi connectivity index (χ1v) is 21.8. The number of H-pyrrole nitrogens is 2. The molecular weight excluding hydrogens is 797 g/mol. The van der Waals surface area contributed by atoms with Gasteiger partial charge >= 0.3 is 12.2 Å². The minimum atomic E-state index is -0.880. The number of piperidine rings is 2. The van der Waals surface area contributed by atoms with E-state index in [1.54, 1.807) is 0 Å². The van der Waals surface area contributed by atoms with Gasteiger partial charge in [0.2, 0.25) is 5.91 Å². The Labute approximate surface area is 362 Å². The molecule has 320 valence electrons. The van der Waals surface area contributed by atoms with Crippen molar-refractivity contribution in [3.63, 3.8) is 0 Å². The smallest absolute Gasteiger partial charge is 0.407 e. The molecule has 4 heterocycles. The summed E-state index contributed by atoms with van der Waals surface area (Å²) in [6.45, 7) is 3.85. The highest BCUT2D eigenvalue weighted by Gasteiger charge is 2.57. The standard InChI is InChI=1S/C49H48N8O6/c1-24(2)40(54-48(60)62-3)46(58)56-36-20-30(36)22-38(56)44-50-34-16-12-28-18-26(10-14-32(28)42(34)52-44)27-11-15-33-29(19-27)13-17-35-43(33)53-45(51-35)39-23-31-21-37(31)57(39)47(59)41(55-49(61)63-4)25-8-6-5-7-9-25/h5-19,24,30-31,36-41H,20-23H2,1-4H3,(H,50,52)(H,51,53)(H,54,60)(H,55,61)/t30-,31-,36-,37-,38+,39+,40+,41-/m1/s1. The van der Waals surface area contributed by atoms with Gasteiger partial charge in [0.25, 0.3) is 5.91 Å². The summed E-state index contributed by atoms with van der Waals surface area (Å²) in [5, 5.41) is 9.71. The topological polar surface area (TPSA) is 175 Å². The molecule has 63 heavy (non-hydrogen) atoms. The van der Waals surface area contributed by atoms with Gasteiger partial charge in [-0.15, -0.1) is 0 Å². The quantitative estimate of drug-likeness (QED) is 0.112. The van der Waals surface area contributed by atoms with Gasteiger partial charge in [-0.2, -0.15) is 0 Å². The van der Waals surface area contributed by atoms with E-state index >= 15 is 0 Å². The number of rotatable bonds is 9. The fraction of sp³-hybridized carbons (Fsp3) is 0.347. The maximum atomic E-state index is 14.3. The van der Waals surface area contributed by atoms with Crippen LogP contribution < -0.4 is 10.6 Å². The number of carbonyl (C=O) groups excluding carboxylic acids is 4. The van der Waals surface area contributed by atoms with Crippen molar-refractivity contribution in [2.75, 3.05) is 14.2 Å². The third-order valence-corrected chi connectivity index (χ3v) is 13.9. The molecule has 2 aliphatic heterocycles. The van der Waals surface area contributed by atoms with Crippen LogP contribution in [0.4, 0.5) is 9.59 Å². The van der Waals surface area contributed by atoms with Crippen molar-refractivity contribution in [2.24, 2.45) is 17.8 Å². The maximum absolute atomic E-state index is 14.3. The number of methoxy groups -OCH3 is 2. The number of nitrogens with one attached hydrogen (secondary N) is 4. The van der Waals surface area contributed by atoms with E-state index in [0.717, 1.165) is 92.1 Å². The van der Waals surface area contributed by atoms with Crippen molar-refractivity contribution < 1.29 is 28.7 Å². The van der Waals surface area contributed by atoms with Crippen molar-refractivity contribution >= 4 is 67.6 Å². The number of ether oxygens (including phenoxy) is 2. The molecule has 2 aliphatic carbocycles. The van der Waals surface area contributed by atoms with Crippen LogP contribution in [0.3, 0.4) is 0 Å². The van der Waals surface area contributed by atoms with Gasteiger partial charge in [0.15, 0.2) is 0 Å². The highest BCUT2D eigenvalue weighted by Crippen LogP contribution is 2.55. The second-order valence-electron chi connectivity index (χ2n) is 18.0. The zero-order valence-electron chi connectivity index (χ0n) is 35.4. The van der Waals surface area contributed by atoms with Crippen LogP contribution in [0.2, 0.25) is 0 Å². The Morgan fingerprint density at radius 2 is 1.27 bits per heavy atom. The lowest BCUT2D eigenvalue weighted by atomic mass is 9.98. The van der Waals surface area contributed by atoms with Crippen LogP contribution >= 0.6 is 0 Å². The van der Waals surface area contributed by atoms with Crippen molar-refractivity contribution in [1.29, 1.82) is 0 Å². The van der Waals surface area contributed by atoms with Crippen molar-refractivity contribution in [3.05, 3.63) is 108 Å². The molecule has 4 aliphatic rings. The molecule has 8 atom stereocenters. The summed E-state index contributed by atoms with van der Waals surface area (Å²) in [5.41, 5.74) is 6.37. The third kappa shape index (κ3) is 6.61. The normalized spacial score (nSPS) is 23.2. The molecule has 2 saturated carbocycles. The summed E-state index contributed by atoms with van der Waals surface area (Å²) in [6.07, 6.45) is 2.28. The third-order valence-electron chi connectivity index (χ3n) is 13.9. The van der Waals surface area contributed by atoms with Gasteiger partial charge < -0.3 is 39.9 Å². The highest BCUT2D eigenvalue weighted by molar-refractivity contribution is 6.07. The molecule has 14 heteroatoms. The lowest BCUT2D eigenvalue weighted by Gasteiger charge is -2.31. The fourth-order valence-electron chi connectivity index (χ4n) is 10.5. The van der Waals surface area contributed by atoms with Crippen LogP contribution in [0.25, 0.3) is 54.7 Å². The Morgan fingerprint density at radius 3 is 1.94 bits per heavy atom. The molecule has 0 unspecified atom stereocenters. The number of carbonyl (C=O) groups is 4. The summed E-state index contributed by atoms with van der Waals surface area (Å²) >= 11 is 0. The number of hydrogen-bond acceptors (Lipinski definition) is 8. The van der Waals surface area contributed by atoms with Gasteiger partial charge in [-0.1, -0.05) is 80.6 Å². The predicted molar refractivity (Wildman–Crippen MR) is 237 cm³/mol. The number of amides is 4. The average Bonchev–Trinajstić information content (AvgIpc) is 3.95. The van der Waals surface area contributed by atoms with Crippen LogP contribution in [0, 0.1) is 17.8 Å². The SMILES string of the molecule is COC(=O)N[C@H](C(=O)N1[C@@H]2C[C@@H]2C[C@H]1c1nc2ccc3cc(-c4ccc5c(ccc6[nH]c([C@@H]7C[C@H]8C[C@H]8N7C(=O)[C@H](NC(=O)OC)c7ccccc7)nc65)c4)ccc3c2[nH]1)C(C)C. The first-order valence-electron chi connectivity index (χ1n) is 21.8. The van der Waals surface area contributed by atoms with E-state index in [9.17, 15) is 19.2 Å². The fourth-order valence-corrected chi connectivity index (χ4v) is 10.5. The van der Waals surface area contributed by atoms with Crippen LogP contribution in [-0.4, -0.2) is 86.1 Å². The van der Waals surface area contributed by atoms with Crippen LogP contribution in [-0.2, 0) is 19.1 Å². The lowest BCUT2D eigenvalue weighted by Crippen LogP contribution is -2.52. The highest BCUT2D eigenvalue weighted by atomic mass is 16.5. The molecule has 5 aromatic carbocycles. The van der Waals surface area contributed by atoms with Crippen molar-refractivity contribution in [2.45, 2.75) is 75.8 Å². The van der Waals surface area contributed by atoms with E-state index in [0.29, 0.717) is 17.4 Å². The Morgan fingerprint density at radius 1 is 0.667 bits per heavy atom. The number of likely N-dealkylation sites (tertiary alicyclic amines) is 2. The molecule has 7 aromatic rings. The van der Waals surface area contributed by atoms with Crippen LogP contribution in [0.5, 0.6) is 0 Å². The molecule has 2 saturated heterocycles. The molecule has 14 nitrogen and oxygen atoms in total. The minimum Gasteiger partial charge on any atom is -0.453 e. The Balaban J connectivity index is 0.865. The summed E-state index contributed by atoms with van der Waals surface area (Å²) in [4.78, 5) is 74.1. The number of alkyl carbamates (subject to hydrolysis) is 2. The molecule has 0 bridgehead atoms. The zero-order chi connectivity index (χ0) is 43.3. The minimum absolute atomic E-state index is 0.100. The average molecular weight is 845 g/mol. The second kappa shape index (κ2) is 14.8. The Hall–Kier alpha value is -6.96. The number of aromatic amines is 2. The zero-order valence-corrected chi connectivity index (χ0v) is 35.4. The number of nitrogens with zero attached hydrogens (tertiary/aromatic N) is 4. The molecule has 11 rings (SSSR count). The number of imidazole rings is 2. The molecule has 2 aromatic heterocycles. The lowest BCUT2D eigenvalue weighted by molar-refractivity contribution is -0.137.